The highest BCUT2D eigenvalue weighted by atomic mass is 19.4. The van der Waals surface area contributed by atoms with E-state index in [1.54, 1.807) is 6.92 Å². The number of hydrogen-bond donors (Lipinski definition) is 1. The van der Waals surface area contributed by atoms with Crippen molar-refractivity contribution in [1.82, 2.24) is 4.98 Å². The monoisotopic (exact) mass is 219 g/mol. The summed E-state index contributed by atoms with van der Waals surface area (Å²) in [6.45, 7) is 1.76. The number of pyridine rings is 1. The first-order chi connectivity index (χ1) is 6.93. The molecule has 0 fully saturated rings. The molecule has 0 saturated carbocycles. The minimum Gasteiger partial charge on any atom is -0.393 e. The molecule has 0 aromatic carbocycles. The maximum absolute atomic E-state index is 12.3. The van der Waals surface area contributed by atoms with E-state index >= 15 is 0 Å². The summed E-state index contributed by atoms with van der Waals surface area (Å²) in [6, 6.07) is 3.70. The SMILES string of the molecule is CCC(O)Cc1cccc(C(F)(F)F)n1. The lowest BCUT2D eigenvalue weighted by Crippen LogP contribution is -2.13. The summed E-state index contributed by atoms with van der Waals surface area (Å²) < 4.78 is 36.8. The van der Waals surface area contributed by atoms with Gasteiger partial charge in [0.05, 0.1) is 6.10 Å². The molecule has 0 aliphatic carbocycles. The number of halogens is 3. The van der Waals surface area contributed by atoms with Crippen molar-refractivity contribution in [3.63, 3.8) is 0 Å². The van der Waals surface area contributed by atoms with E-state index in [4.69, 9.17) is 0 Å². The van der Waals surface area contributed by atoms with E-state index in [9.17, 15) is 18.3 Å². The molecule has 0 amide bonds. The second-order valence-corrected chi connectivity index (χ2v) is 3.28. The first-order valence-electron chi connectivity index (χ1n) is 4.64. The van der Waals surface area contributed by atoms with Crippen LogP contribution in [0.3, 0.4) is 0 Å². The Balaban J connectivity index is 2.84. The Labute approximate surface area is 85.8 Å². The number of aliphatic hydroxyl groups is 1. The molecule has 0 saturated heterocycles. The standard InChI is InChI=1S/C10H12F3NO/c1-2-8(15)6-7-4-3-5-9(14-7)10(11,12)13/h3-5,8,15H,2,6H2,1H3. The first kappa shape index (κ1) is 12.0. The van der Waals surface area contributed by atoms with Crippen molar-refractivity contribution in [2.75, 3.05) is 0 Å². The van der Waals surface area contributed by atoms with Gasteiger partial charge in [-0.25, -0.2) is 4.98 Å². The van der Waals surface area contributed by atoms with Gasteiger partial charge in [-0.3, -0.25) is 0 Å². The first-order valence-corrected chi connectivity index (χ1v) is 4.64. The van der Waals surface area contributed by atoms with Crippen LogP contribution in [0.5, 0.6) is 0 Å². The highest BCUT2D eigenvalue weighted by Crippen LogP contribution is 2.27. The number of rotatable bonds is 3. The van der Waals surface area contributed by atoms with Gasteiger partial charge in [-0.15, -0.1) is 0 Å². The van der Waals surface area contributed by atoms with E-state index in [2.05, 4.69) is 4.98 Å². The summed E-state index contributed by atoms with van der Waals surface area (Å²) >= 11 is 0. The molecule has 0 aliphatic heterocycles. The van der Waals surface area contributed by atoms with Crippen LogP contribution in [0.2, 0.25) is 0 Å². The zero-order chi connectivity index (χ0) is 11.5. The van der Waals surface area contributed by atoms with Crippen molar-refractivity contribution in [2.24, 2.45) is 0 Å². The summed E-state index contributed by atoms with van der Waals surface area (Å²) in [6.07, 6.45) is -4.41. The van der Waals surface area contributed by atoms with Gasteiger partial charge in [0.1, 0.15) is 5.69 Å². The lowest BCUT2D eigenvalue weighted by Gasteiger charge is -2.09. The highest BCUT2D eigenvalue weighted by Gasteiger charge is 2.32. The molecule has 1 heterocycles. The van der Waals surface area contributed by atoms with E-state index in [1.807, 2.05) is 0 Å². The Kier molecular flexibility index (Phi) is 3.68. The van der Waals surface area contributed by atoms with Crippen LogP contribution >= 0.6 is 0 Å². The number of aromatic nitrogens is 1. The van der Waals surface area contributed by atoms with Crippen molar-refractivity contribution in [2.45, 2.75) is 32.0 Å². The van der Waals surface area contributed by atoms with Gasteiger partial charge in [0.25, 0.3) is 0 Å². The molecular formula is C10H12F3NO. The Morgan fingerprint density at radius 2 is 2.07 bits per heavy atom. The molecule has 1 atom stereocenters. The molecule has 0 bridgehead atoms. The smallest absolute Gasteiger partial charge is 0.393 e. The van der Waals surface area contributed by atoms with Crippen molar-refractivity contribution >= 4 is 0 Å². The average Bonchev–Trinajstić information content (AvgIpc) is 2.17. The Hall–Kier alpha value is -1.10. The van der Waals surface area contributed by atoms with E-state index < -0.39 is 18.0 Å². The van der Waals surface area contributed by atoms with Crippen LogP contribution in [0, 0.1) is 0 Å². The fraction of sp³-hybridized carbons (Fsp3) is 0.500. The molecule has 0 spiro atoms. The van der Waals surface area contributed by atoms with Crippen molar-refractivity contribution in [3.8, 4) is 0 Å². The third-order valence-corrected chi connectivity index (χ3v) is 2.01. The molecule has 1 rings (SSSR count). The number of nitrogens with zero attached hydrogens (tertiary/aromatic N) is 1. The quantitative estimate of drug-likeness (QED) is 0.846. The van der Waals surface area contributed by atoms with Crippen molar-refractivity contribution in [1.29, 1.82) is 0 Å². The third kappa shape index (κ3) is 3.51. The third-order valence-electron chi connectivity index (χ3n) is 2.01. The summed E-state index contributed by atoms with van der Waals surface area (Å²) in [5.74, 6) is 0. The van der Waals surface area contributed by atoms with E-state index in [0.29, 0.717) is 6.42 Å². The van der Waals surface area contributed by atoms with Gasteiger partial charge in [-0.1, -0.05) is 13.0 Å². The highest BCUT2D eigenvalue weighted by molar-refractivity contribution is 5.14. The summed E-state index contributed by atoms with van der Waals surface area (Å²) in [7, 11) is 0. The molecule has 84 valence electrons. The molecule has 5 heteroatoms. The maximum Gasteiger partial charge on any atom is 0.433 e. The fourth-order valence-corrected chi connectivity index (χ4v) is 1.14. The molecule has 0 aliphatic rings. The zero-order valence-electron chi connectivity index (χ0n) is 8.25. The van der Waals surface area contributed by atoms with Crippen LogP contribution in [0.25, 0.3) is 0 Å². The second-order valence-electron chi connectivity index (χ2n) is 3.28. The topological polar surface area (TPSA) is 33.1 Å². The van der Waals surface area contributed by atoms with Gasteiger partial charge in [0.15, 0.2) is 0 Å². The van der Waals surface area contributed by atoms with Crippen LogP contribution in [-0.2, 0) is 12.6 Å². The molecule has 1 aromatic rings. The number of alkyl halides is 3. The second kappa shape index (κ2) is 4.61. The average molecular weight is 219 g/mol. The summed E-state index contributed by atoms with van der Waals surface area (Å²) in [4.78, 5) is 3.45. The number of hydrogen-bond acceptors (Lipinski definition) is 2. The lowest BCUT2D eigenvalue weighted by atomic mass is 10.1. The molecule has 1 N–H and O–H groups in total. The van der Waals surface area contributed by atoms with Gasteiger partial charge in [-0.2, -0.15) is 13.2 Å². The van der Waals surface area contributed by atoms with E-state index in [1.165, 1.54) is 12.1 Å². The largest absolute Gasteiger partial charge is 0.433 e. The minimum atomic E-state index is -4.42. The van der Waals surface area contributed by atoms with Gasteiger partial charge < -0.3 is 5.11 Å². The zero-order valence-corrected chi connectivity index (χ0v) is 8.25. The van der Waals surface area contributed by atoms with Crippen LogP contribution < -0.4 is 0 Å². The van der Waals surface area contributed by atoms with Crippen LogP contribution in [0.1, 0.15) is 24.7 Å². The van der Waals surface area contributed by atoms with Gasteiger partial charge >= 0.3 is 6.18 Å². The van der Waals surface area contributed by atoms with Gasteiger partial charge in [-0.05, 0) is 18.6 Å². The fourth-order valence-electron chi connectivity index (χ4n) is 1.14. The van der Waals surface area contributed by atoms with Crippen molar-refractivity contribution in [3.05, 3.63) is 29.6 Å². The minimum absolute atomic E-state index is 0.153. The van der Waals surface area contributed by atoms with Crippen molar-refractivity contribution < 1.29 is 18.3 Å². The van der Waals surface area contributed by atoms with E-state index in [-0.39, 0.29) is 12.1 Å². The Morgan fingerprint density at radius 3 is 2.60 bits per heavy atom. The van der Waals surface area contributed by atoms with Crippen LogP contribution in [0.15, 0.2) is 18.2 Å². The summed E-state index contributed by atoms with van der Waals surface area (Å²) in [5, 5.41) is 9.28. The molecular weight excluding hydrogens is 207 g/mol. The molecule has 1 unspecified atom stereocenters. The van der Waals surface area contributed by atoms with Gasteiger partial charge in [0, 0.05) is 12.1 Å². The van der Waals surface area contributed by atoms with Crippen LogP contribution in [0.4, 0.5) is 13.2 Å². The van der Waals surface area contributed by atoms with E-state index in [0.717, 1.165) is 6.07 Å². The molecule has 0 radical (unpaired) electrons. The van der Waals surface area contributed by atoms with Crippen LogP contribution in [-0.4, -0.2) is 16.2 Å². The Morgan fingerprint density at radius 1 is 1.40 bits per heavy atom. The number of aliphatic hydroxyl groups excluding tert-OH is 1. The maximum atomic E-state index is 12.3. The summed E-state index contributed by atoms with van der Waals surface area (Å²) in [5.41, 5.74) is -0.650. The predicted molar refractivity (Wildman–Crippen MR) is 49.2 cm³/mol. The molecule has 2 nitrogen and oxygen atoms in total. The normalized spacial score (nSPS) is 13.9. The Bertz CT molecular complexity index is 325. The molecule has 1 aromatic heterocycles. The lowest BCUT2D eigenvalue weighted by molar-refractivity contribution is -0.141. The van der Waals surface area contributed by atoms with Gasteiger partial charge in [0.2, 0.25) is 0 Å². The molecule has 15 heavy (non-hydrogen) atoms. The predicted octanol–water partition coefficient (Wildman–Crippen LogP) is 2.41.